The van der Waals surface area contributed by atoms with Crippen LogP contribution in [0.15, 0.2) is 29.4 Å². The lowest BCUT2D eigenvalue weighted by molar-refractivity contribution is -0.220. The van der Waals surface area contributed by atoms with Gasteiger partial charge in [0.15, 0.2) is 6.23 Å². The molecule has 1 N–H and O–H groups in total. The Morgan fingerprint density at radius 1 is 1.52 bits per heavy atom. The molecule has 1 fully saturated rings. The summed E-state index contributed by atoms with van der Waals surface area (Å²) in [5.74, 6) is -0.0731. The van der Waals surface area contributed by atoms with Gasteiger partial charge in [-0.3, -0.25) is 4.79 Å². The standard InChI is InChI=1S/C13H16N2O4S2/c16-11-6-7-12(17)15(11)19-13(18)5-3-9-20-21-10-4-1-2-8-14-10/h1-2,4,8,11,16H,3,5-7,9H2. The van der Waals surface area contributed by atoms with Gasteiger partial charge in [-0.2, -0.15) is 0 Å². The van der Waals surface area contributed by atoms with Crippen LogP contribution in [0.25, 0.3) is 0 Å². The summed E-state index contributed by atoms with van der Waals surface area (Å²) in [5.41, 5.74) is 0. The first-order valence-electron chi connectivity index (χ1n) is 6.58. The monoisotopic (exact) mass is 328 g/mol. The van der Waals surface area contributed by atoms with Crippen molar-refractivity contribution < 1.29 is 19.5 Å². The second-order valence-corrected chi connectivity index (χ2v) is 6.81. The molecular weight excluding hydrogens is 312 g/mol. The summed E-state index contributed by atoms with van der Waals surface area (Å²) >= 11 is 0. The summed E-state index contributed by atoms with van der Waals surface area (Å²) in [5, 5.41) is 11.2. The summed E-state index contributed by atoms with van der Waals surface area (Å²) in [6.07, 6.45) is 2.11. The van der Waals surface area contributed by atoms with Crippen LogP contribution in [0.1, 0.15) is 25.7 Å². The number of aliphatic hydroxyl groups is 1. The topological polar surface area (TPSA) is 79.7 Å². The smallest absolute Gasteiger partial charge is 0.332 e. The van der Waals surface area contributed by atoms with E-state index in [2.05, 4.69) is 4.98 Å². The van der Waals surface area contributed by atoms with Gasteiger partial charge in [0.2, 0.25) is 0 Å². The predicted octanol–water partition coefficient (Wildman–Crippen LogP) is 2.00. The molecule has 114 valence electrons. The van der Waals surface area contributed by atoms with Crippen LogP contribution in [0.5, 0.6) is 0 Å². The van der Waals surface area contributed by atoms with E-state index in [1.165, 1.54) is 0 Å². The molecule has 1 amide bonds. The third-order valence-electron chi connectivity index (χ3n) is 2.72. The van der Waals surface area contributed by atoms with Gasteiger partial charge in [-0.1, -0.05) is 16.9 Å². The molecule has 0 bridgehead atoms. The van der Waals surface area contributed by atoms with Crippen molar-refractivity contribution in [3.8, 4) is 0 Å². The lowest BCUT2D eigenvalue weighted by Crippen LogP contribution is -2.35. The number of hydrogen-bond donors (Lipinski definition) is 1. The van der Waals surface area contributed by atoms with Crippen molar-refractivity contribution in [2.75, 3.05) is 5.75 Å². The summed E-state index contributed by atoms with van der Waals surface area (Å²) in [7, 11) is 3.16. The molecule has 1 saturated heterocycles. The van der Waals surface area contributed by atoms with E-state index < -0.39 is 12.2 Å². The fraction of sp³-hybridized carbons (Fsp3) is 0.462. The van der Waals surface area contributed by atoms with E-state index in [0.29, 0.717) is 12.8 Å². The summed E-state index contributed by atoms with van der Waals surface area (Å²) in [6.45, 7) is 0. The highest BCUT2D eigenvalue weighted by atomic mass is 33.1. The van der Waals surface area contributed by atoms with Crippen LogP contribution in [-0.2, 0) is 14.4 Å². The Kier molecular flexibility index (Phi) is 6.34. The molecule has 1 aliphatic rings. The molecule has 0 spiro atoms. The van der Waals surface area contributed by atoms with E-state index in [-0.39, 0.29) is 18.7 Å². The minimum absolute atomic E-state index is 0.213. The SMILES string of the molecule is O=C(CCCSSc1ccccn1)ON1C(=O)CCC1O. The maximum atomic E-state index is 11.6. The zero-order chi connectivity index (χ0) is 15.1. The predicted molar refractivity (Wildman–Crippen MR) is 80.0 cm³/mol. The average molecular weight is 328 g/mol. The zero-order valence-electron chi connectivity index (χ0n) is 11.3. The molecule has 6 nitrogen and oxygen atoms in total. The van der Waals surface area contributed by atoms with Gasteiger partial charge in [0.25, 0.3) is 5.91 Å². The number of hydrogen-bond acceptors (Lipinski definition) is 7. The average Bonchev–Trinajstić information content (AvgIpc) is 2.80. The lowest BCUT2D eigenvalue weighted by atomic mass is 10.3. The Balaban J connectivity index is 1.58. The summed E-state index contributed by atoms with van der Waals surface area (Å²) < 4.78 is 0. The molecule has 21 heavy (non-hydrogen) atoms. The highest BCUT2D eigenvalue weighted by Crippen LogP contribution is 2.29. The number of aliphatic hydroxyl groups excluding tert-OH is 1. The van der Waals surface area contributed by atoms with E-state index in [0.717, 1.165) is 15.8 Å². The van der Waals surface area contributed by atoms with Crippen LogP contribution >= 0.6 is 21.6 Å². The van der Waals surface area contributed by atoms with Crippen molar-refractivity contribution in [1.29, 1.82) is 0 Å². The van der Waals surface area contributed by atoms with Crippen molar-refractivity contribution in [3.05, 3.63) is 24.4 Å². The van der Waals surface area contributed by atoms with Crippen LogP contribution in [0.3, 0.4) is 0 Å². The Morgan fingerprint density at radius 2 is 2.38 bits per heavy atom. The van der Waals surface area contributed by atoms with Crippen molar-refractivity contribution >= 4 is 33.5 Å². The highest BCUT2D eigenvalue weighted by molar-refractivity contribution is 8.76. The fourth-order valence-electron chi connectivity index (χ4n) is 1.69. The van der Waals surface area contributed by atoms with Gasteiger partial charge in [-0.15, -0.1) is 5.06 Å². The zero-order valence-corrected chi connectivity index (χ0v) is 12.9. The van der Waals surface area contributed by atoms with Gasteiger partial charge in [0.1, 0.15) is 5.03 Å². The normalized spacial score (nSPS) is 18.0. The van der Waals surface area contributed by atoms with Gasteiger partial charge in [0, 0.05) is 31.2 Å². The number of nitrogens with zero attached hydrogens (tertiary/aromatic N) is 2. The number of carbonyl (C=O) groups excluding carboxylic acids is 2. The lowest BCUT2D eigenvalue weighted by Gasteiger charge is -2.18. The van der Waals surface area contributed by atoms with Crippen LogP contribution in [0, 0.1) is 0 Å². The number of pyridine rings is 1. The molecule has 2 heterocycles. The van der Waals surface area contributed by atoms with E-state index in [9.17, 15) is 14.7 Å². The van der Waals surface area contributed by atoms with Crippen molar-refractivity contribution in [2.45, 2.75) is 36.9 Å². The number of rotatable bonds is 7. The molecule has 0 aromatic carbocycles. The molecule has 1 aromatic rings. The molecular formula is C13H16N2O4S2. The Morgan fingerprint density at radius 3 is 3.05 bits per heavy atom. The van der Waals surface area contributed by atoms with E-state index in [4.69, 9.17) is 4.84 Å². The molecule has 1 atom stereocenters. The molecule has 1 aliphatic heterocycles. The first kappa shape index (κ1) is 16.1. The van der Waals surface area contributed by atoms with Crippen LogP contribution in [0.4, 0.5) is 0 Å². The van der Waals surface area contributed by atoms with Crippen molar-refractivity contribution in [1.82, 2.24) is 10.0 Å². The highest BCUT2D eigenvalue weighted by Gasteiger charge is 2.32. The van der Waals surface area contributed by atoms with Gasteiger partial charge in [-0.25, -0.2) is 9.78 Å². The number of amides is 1. The second kappa shape index (κ2) is 8.26. The minimum atomic E-state index is -1.00. The molecule has 2 rings (SSSR count). The maximum Gasteiger partial charge on any atom is 0.332 e. The first-order valence-corrected chi connectivity index (χ1v) is 8.90. The quantitative estimate of drug-likeness (QED) is 0.605. The van der Waals surface area contributed by atoms with Gasteiger partial charge >= 0.3 is 5.97 Å². The Labute approximate surface area is 130 Å². The van der Waals surface area contributed by atoms with Crippen LogP contribution < -0.4 is 0 Å². The van der Waals surface area contributed by atoms with E-state index in [1.807, 2.05) is 18.2 Å². The van der Waals surface area contributed by atoms with Crippen LogP contribution in [0.2, 0.25) is 0 Å². The Bertz CT molecular complexity index is 486. The second-order valence-electron chi connectivity index (χ2n) is 4.38. The number of aromatic nitrogens is 1. The molecule has 1 unspecified atom stereocenters. The van der Waals surface area contributed by atoms with Gasteiger partial charge < -0.3 is 9.94 Å². The number of hydroxylamine groups is 2. The van der Waals surface area contributed by atoms with Crippen LogP contribution in [-0.4, -0.2) is 39.0 Å². The maximum absolute atomic E-state index is 11.6. The largest absolute Gasteiger partial charge is 0.370 e. The third kappa shape index (κ3) is 5.22. The molecule has 0 radical (unpaired) electrons. The van der Waals surface area contributed by atoms with Gasteiger partial charge in [0.05, 0.1) is 0 Å². The third-order valence-corrected chi connectivity index (χ3v) is 5.07. The van der Waals surface area contributed by atoms with Crippen molar-refractivity contribution in [2.24, 2.45) is 0 Å². The van der Waals surface area contributed by atoms with Crippen molar-refractivity contribution in [3.63, 3.8) is 0 Å². The number of carbonyl (C=O) groups is 2. The van der Waals surface area contributed by atoms with E-state index in [1.54, 1.807) is 27.8 Å². The summed E-state index contributed by atoms with van der Waals surface area (Å²) in [4.78, 5) is 31.9. The van der Waals surface area contributed by atoms with E-state index >= 15 is 0 Å². The summed E-state index contributed by atoms with van der Waals surface area (Å²) in [6, 6.07) is 5.71. The van der Waals surface area contributed by atoms with Gasteiger partial charge in [-0.05, 0) is 29.3 Å². The molecule has 8 heteroatoms. The molecule has 0 saturated carbocycles. The molecule has 0 aliphatic carbocycles. The first-order chi connectivity index (χ1) is 10.2. The Hall–Kier alpha value is -1.25. The fourth-order valence-corrected chi connectivity index (χ4v) is 3.65. The molecule has 1 aromatic heterocycles. The minimum Gasteiger partial charge on any atom is -0.370 e.